The van der Waals surface area contributed by atoms with Crippen molar-refractivity contribution in [1.29, 1.82) is 0 Å². The molecule has 18 heavy (non-hydrogen) atoms. The summed E-state index contributed by atoms with van der Waals surface area (Å²) in [6, 6.07) is 8.37. The smallest absolute Gasteiger partial charge is 0.123 e. The first-order valence-corrected chi connectivity index (χ1v) is 6.18. The number of rotatable bonds is 4. The molecule has 1 aromatic heterocycles. The number of aromatic hydroxyl groups is 2. The normalized spacial score (nSPS) is 10.5. The van der Waals surface area contributed by atoms with Crippen LogP contribution in [0, 0.1) is 0 Å². The number of hydrogen-bond donors (Lipinski definition) is 2. The predicted molar refractivity (Wildman–Crippen MR) is 71.6 cm³/mol. The topological polar surface area (TPSA) is 53.4 Å². The van der Waals surface area contributed by atoms with Crippen LogP contribution >= 0.6 is 0 Å². The van der Waals surface area contributed by atoms with E-state index < -0.39 is 0 Å². The van der Waals surface area contributed by atoms with Crippen molar-refractivity contribution in [2.45, 2.75) is 26.2 Å². The lowest BCUT2D eigenvalue weighted by Gasteiger charge is -2.06. The molecule has 0 bridgehead atoms. The van der Waals surface area contributed by atoms with E-state index in [0.29, 0.717) is 5.56 Å². The van der Waals surface area contributed by atoms with Gasteiger partial charge in [0, 0.05) is 23.0 Å². The Kier molecular flexibility index (Phi) is 3.82. The third kappa shape index (κ3) is 2.80. The zero-order valence-corrected chi connectivity index (χ0v) is 10.4. The quantitative estimate of drug-likeness (QED) is 0.808. The Morgan fingerprint density at radius 2 is 1.94 bits per heavy atom. The number of benzene rings is 1. The highest BCUT2D eigenvalue weighted by atomic mass is 16.3. The van der Waals surface area contributed by atoms with Crippen LogP contribution in [-0.2, 0) is 6.42 Å². The molecule has 0 fully saturated rings. The number of phenolic OH excluding ortho intramolecular Hbond substituents is 2. The summed E-state index contributed by atoms with van der Waals surface area (Å²) in [4.78, 5) is 4.37. The zero-order chi connectivity index (χ0) is 13.0. The maximum atomic E-state index is 9.76. The summed E-state index contributed by atoms with van der Waals surface area (Å²) in [5, 5.41) is 19.2. The van der Waals surface area contributed by atoms with E-state index in [1.54, 1.807) is 6.20 Å². The van der Waals surface area contributed by atoms with Crippen molar-refractivity contribution in [1.82, 2.24) is 4.98 Å². The van der Waals surface area contributed by atoms with Crippen molar-refractivity contribution in [3.05, 3.63) is 42.2 Å². The van der Waals surface area contributed by atoms with E-state index in [2.05, 4.69) is 11.9 Å². The van der Waals surface area contributed by atoms with Crippen molar-refractivity contribution in [3.8, 4) is 22.6 Å². The molecule has 0 saturated heterocycles. The lowest BCUT2D eigenvalue weighted by Crippen LogP contribution is -1.90. The molecule has 3 nitrogen and oxygen atoms in total. The van der Waals surface area contributed by atoms with Gasteiger partial charge in [-0.05, 0) is 37.1 Å². The number of pyridine rings is 1. The van der Waals surface area contributed by atoms with E-state index in [1.807, 2.05) is 12.1 Å². The summed E-state index contributed by atoms with van der Waals surface area (Å²) in [6.45, 7) is 2.15. The molecule has 1 aromatic carbocycles. The van der Waals surface area contributed by atoms with Crippen LogP contribution < -0.4 is 0 Å². The lowest BCUT2D eigenvalue weighted by molar-refractivity contribution is 0.462. The minimum Gasteiger partial charge on any atom is -0.508 e. The Labute approximate surface area is 107 Å². The van der Waals surface area contributed by atoms with Crippen LogP contribution in [0.5, 0.6) is 11.5 Å². The van der Waals surface area contributed by atoms with Crippen molar-refractivity contribution < 1.29 is 10.2 Å². The van der Waals surface area contributed by atoms with Gasteiger partial charge in [0.05, 0.1) is 0 Å². The highest BCUT2D eigenvalue weighted by molar-refractivity contribution is 5.70. The molecule has 0 radical (unpaired) electrons. The Morgan fingerprint density at radius 1 is 1.11 bits per heavy atom. The molecule has 3 heteroatoms. The van der Waals surface area contributed by atoms with Gasteiger partial charge in [-0.3, -0.25) is 4.98 Å². The summed E-state index contributed by atoms with van der Waals surface area (Å²) in [5.41, 5.74) is 2.47. The minimum atomic E-state index is 0.137. The Hall–Kier alpha value is -2.03. The van der Waals surface area contributed by atoms with Crippen LogP contribution in [0.4, 0.5) is 0 Å². The lowest BCUT2D eigenvalue weighted by atomic mass is 10.1. The summed E-state index contributed by atoms with van der Waals surface area (Å²) >= 11 is 0. The van der Waals surface area contributed by atoms with Gasteiger partial charge in [0.1, 0.15) is 11.5 Å². The monoisotopic (exact) mass is 243 g/mol. The third-order valence-corrected chi connectivity index (χ3v) is 2.90. The summed E-state index contributed by atoms with van der Waals surface area (Å²) in [6.07, 6.45) is 4.99. The SMILES string of the molecule is CCCCc1ccc(-c2cc(O)ccc2O)cn1. The van der Waals surface area contributed by atoms with Gasteiger partial charge in [0.2, 0.25) is 0 Å². The van der Waals surface area contributed by atoms with Crippen molar-refractivity contribution in [2.75, 3.05) is 0 Å². The molecule has 94 valence electrons. The summed E-state index contributed by atoms with van der Waals surface area (Å²) in [5.74, 6) is 0.286. The van der Waals surface area contributed by atoms with Gasteiger partial charge in [-0.15, -0.1) is 0 Å². The molecule has 0 atom stereocenters. The fraction of sp³-hybridized carbons (Fsp3) is 0.267. The molecular weight excluding hydrogens is 226 g/mol. The number of aromatic nitrogens is 1. The van der Waals surface area contributed by atoms with E-state index in [0.717, 1.165) is 30.5 Å². The molecule has 0 saturated carbocycles. The average molecular weight is 243 g/mol. The van der Waals surface area contributed by atoms with Crippen molar-refractivity contribution in [2.24, 2.45) is 0 Å². The van der Waals surface area contributed by atoms with E-state index in [1.165, 1.54) is 18.2 Å². The molecule has 0 aliphatic heterocycles. The van der Waals surface area contributed by atoms with Crippen LogP contribution in [-0.4, -0.2) is 15.2 Å². The molecule has 2 aromatic rings. The molecule has 0 spiro atoms. The maximum Gasteiger partial charge on any atom is 0.123 e. The fourth-order valence-corrected chi connectivity index (χ4v) is 1.84. The van der Waals surface area contributed by atoms with E-state index in [-0.39, 0.29) is 11.5 Å². The molecular formula is C15H17NO2. The molecule has 2 rings (SSSR count). The van der Waals surface area contributed by atoms with Gasteiger partial charge < -0.3 is 10.2 Å². The largest absolute Gasteiger partial charge is 0.508 e. The zero-order valence-electron chi connectivity index (χ0n) is 10.4. The predicted octanol–water partition coefficient (Wildman–Crippen LogP) is 3.50. The Bertz CT molecular complexity index is 521. The van der Waals surface area contributed by atoms with Crippen LogP contribution in [0.15, 0.2) is 36.5 Å². The first-order chi connectivity index (χ1) is 8.70. The second kappa shape index (κ2) is 5.54. The van der Waals surface area contributed by atoms with Crippen LogP contribution in [0.2, 0.25) is 0 Å². The molecule has 0 amide bonds. The van der Waals surface area contributed by atoms with Crippen LogP contribution in [0.25, 0.3) is 11.1 Å². The number of hydrogen-bond acceptors (Lipinski definition) is 3. The van der Waals surface area contributed by atoms with Gasteiger partial charge in [0.15, 0.2) is 0 Å². The minimum absolute atomic E-state index is 0.137. The standard InChI is InChI=1S/C15H17NO2/c1-2-3-4-12-6-5-11(10-16-12)14-9-13(17)7-8-15(14)18/h5-10,17-18H,2-4H2,1H3. The van der Waals surface area contributed by atoms with Gasteiger partial charge >= 0.3 is 0 Å². The number of phenols is 2. The Balaban J connectivity index is 2.25. The van der Waals surface area contributed by atoms with E-state index >= 15 is 0 Å². The first-order valence-electron chi connectivity index (χ1n) is 6.18. The van der Waals surface area contributed by atoms with Gasteiger partial charge in [-0.2, -0.15) is 0 Å². The fourth-order valence-electron chi connectivity index (χ4n) is 1.84. The summed E-state index contributed by atoms with van der Waals surface area (Å²) in [7, 11) is 0. The molecule has 0 unspecified atom stereocenters. The van der Waals surface area contributed by atoms with Gasteiger partial charge in [-0.1, -0.05) is 19.4 Å². The number of unbranched alkanes of at least 4 members (excludes halogenated alkanes) is 1. The second-order valence-corrected chi connectivity index (χ2v) is 4.34. The van der Waals surface area contributed by atoms with E-state index in [4.69, 9.17) is 0 Å². The molecule has 0 aliphatic rings. The first kappa shape index (κ1) is 12.4. The van der Waals surface area contributed by atoms with Crippen LogP contribution in [0.3, 0.4) is 0 Å². The van der Waals surface area contributed by atoms with Crippen molar-refractivity contribution >= 4 is 0 Å². The summed E-state index contributed by atoms with van der Waals surface area (Å²) < 4.78 is 0. The number of nitrogens with zero attached hydrogens (tertiary/aromatic N) is 1. The van der Waals surface area contributed by atoms with Crippen molar-refractivity contribution in [3.63, 3.8) is 0 Å². The molecule has 0 aliphatic carbocycles. The van der Waals surface area contributed by atoms with Gasteiger partial charge in [0.25, 0.3) is 0 Å². The van der Waals surface area contributed by atoms with E-state index in [9.17, 15) is 10.2 Å². The molecule has 2 N–H and O–H groups in total. The van der Waals surface area contributed by atoms with Gasteiger partial charge in [-0.25, -0.2) is 0 Å². The van der Waals surface area contributed by atoms with Crippen LogP contribution in [0.1, 0.15) is 25.5 Å². The highest BCUT2D eigenvalue weighted by Crippen LogP contribution is 2.31. The number of aryl methyl sites for hydroxylation is 1. The molecule has 1 heterocycles. The Morgan fingerprint density at radius 3 is 2.61 bits per heavy atom. The third-order valence-electron chi connectivity index (χ3n) is 2.90. The second-order valence-electron chi connectivity index (χ2n) is 4.34. The average Bonchev–Trinajstić information content (AvgIpc) is 2.40. The maximum absolute atomic E-state index is 9.76. The highest BCUT2D eigenvalue weighted by Gasteiger charge is 2.06.